The number of Topliss-reactive ketones (excluding diaryl/α,β-unsaturated/α-hetero) is 1. The van der Waals surface area contributed by atoms with Gasteiger partial charge in [-0.05, 0) is 48.3 Å². The van der Waals surface area contributed by atoms with E-state index >= 15 is 0 Å². The molecule has 1 N–H and O–H groups in total. The quantitative estimate of drug-likeness (QED) is 0.777. The number of aryl methyl sites for hydroxylation is 1. The molecule has 1 spiro atoms. The van der Waals surface area contributed by atoms with Gasteiger partial charge in [-0.1, -0.05) is 32.0 Å². The largest absolute Gasteiger partial charge is 0.342 e. The number of allylic oxidation sites excluding steroid dienone is 2. The lowest BCUT2D eigenvalue weighted by molar-refractivity contribution is -0.118. The predicted molar refractivity (Wildman–Crippen MR) is 96.1 cm³/mol. The SMILES string of the molecule is Cc1cccc2c1CC[C@]21C2=C(N=NC2)NC2=C1C(=O)CC(C)(C)C2. The molecule has 4 nitrogen and oxygen atoms in total. The number of dihydropyridines is 1. The number of fused-ring (bicyclic) bond motifs is 4. The third kappa shape index (κ3) is 1.85. The zero-order chi connectivity index (χ0) is 17.4. The topological polar surface area (TPSA) is 53.8 Å². The normalized spacial score (nSPS) is 29.0. The fourth-order valence-corrected chi connectivity index (χ4v) is 5.42. The van der Waals surface area contributed by atoms with Crippen molar-refractivity contribution < 1.29 is 4.79 Å². The average molecular weight is 333 g/mol. The van der Waals surface area contributed by atoms with Crippen LogP contribution in [0.2, 0.25) is 0 Å². The molecule has 2 aliphatic carbocycles. The number of benzene rings is 1. The van der Waals surface area contributed by atoms with E-state index < -0.39 is 0 Å². The van der Waals surface area contributed by atoms with Gasteiger partial charge in [0, 0.05) is 23.3 Å². The van der Waals surface area contributed by atoms with Crippen molar-refractivity contribution in [3.05, 3.63) is 57.6 Å². The molecule has 0 radical (unpaired) electrons. The van der Waals surface area contributed by atoms with Crippen molar-refractivity contribution in [2.75, 3.05) is 6.54 Å². The number of carbonyl (C=O) groups excluding carboxylic acids is 1. The summed E-state index contributed by atoms with van der Waals surface area (Å²) in [6, 6.07) is 6.53. The molecule has 1 aromatic carbocycles. The Labute approximate surface area is 148 Å². The van der Waals surface area contributed by atoms with E-state index in [1.165, 1.54) is 22.3 Å². The van der Waals surface area contributed by atoms with E-state index in [-0.39, 0.29) is 10.8 Å². The minimum Gasteiger partial charge on any atom is -0.342 e. The summed E-state index contributed by atoms with van der Waals surface area (Å²) in [6.07, 6.45) is 3.49. The van der Waals surface area contributed by atoms with Crippen LogP contribution in [0.15, 0.2) is 51.1 Å². The van der Waals surface area contributed by atoms with Gasteiger partial charge in [-0.25, -0.2) is 0 Å². The number of azo groups is 1. The van der Waals surface area contributed by atoms with E-state index in [4.69, 9.17) is 0 Å². The molecule has 1 aromatic rings. The first-order valence-corrected chi connectivity index (χ1v) is 9.16. The number of hydrogen-bond acceptors (Lipinski definition) is 4. The lowest BCUT2D eigenvalue weighted by atomic mass is 9.61. The molecule has 4 aliphatic rings. The summed E-state index contributed by atoms with van der Waals surface area (Å²) in [5.41, 5.74) is 7.01. The van der Waals surface area contributed by atoms with Gasteiger partial charge in [0.2, 0.25) is 0 Å². The van der Waals surface area contributed by atoms with Crippen LogP contribution < -0.4 is 5.32 Å². The zero-order valence-electron chi connectivity index (χ0n) is 15.1. The third-order valence-corrected chi connectivity index (χ3v) is 6.39. The molecular formula is C21H23N3O. The van der Waals surface area contributed by atoms with Crippen LogP contribution in [0.5, 0.6) is 0 Å². The van der Waals surface area contributed by atoms with Crippen LogP contribution in [0.25, 0.3) is 0 Å². The molecule has 0 fully saturated rings. The van der Waals surface area contributed by atoms with Gasteiger partial charge in [-0.3, -0.25) is 4.79 Å². The Bertz CT molecular complexity index is 919. The number of nitrogens with zero attached hydrogens (tertiary/aromatic N) is 2. The molecule has 0 saturated heterocycles. The van der Waals surface area contributed by atoms with Crippen molar-refractivity contribution >= 4 is 5.78 Å². The van der Waals surface area contributed by atoms with Crippen molar-refractivity contribution in [2.24, 2.45) is 15.6 Å². The van der Waals surface area contributed by atoms with Crippen molar-refractivity contribution in [1.29, 1.82) is 0 Å². The number of hydrogen-bond donors (Lipinski definition) is 1. The zero-order valence-corrected chi connectivity index (χ0v) is 15.1. The highest BCUT2D eigenvalue weighted by Gasteiger charge is 2.54. The molecule has 0 bridgehead atoms. The Hall–Kier alpha value is -2.23. The summed E-state index contributed by atoms with van der Waals surface area (Å²) in [7, 11) is 0. The number of nitrogens with one attached hydrogen (secondary N) is 1. The summed E-state index contributed by atoms with van der Waals surface area (Å²) in [5, 5.41) is 12.2. The first-order chi connectivity index (χ1) is 11.9. The van der Waals surface area contributed by atoms with Gasteiger partial charge in [-0.15, -0.1) is 5.11 Å². The van der Waals surface area contributed by atoms with Gasteiger partial charge in [0.1, 0.15) is 0 Å². The number of rotatable bonds is 0. The van der Waals surface area contributed by atoms with Crippen LogP contribution >= 0.6 is 0 Å². The summed E-state index contributed by atoms with van der Waals surface area (Å²) in [6.45, 7) is 7.13. The highest BCUT2D eigenvalue weighted by Crippen LogP contribution is 2.57. The van der Waals surface area contributed by atoms with Crippen LogP contribution in [0, 0.1) is 12.3 Å². The average Bonchev–Trinajstić information content (AvgIpc) is 3.13. The first kappa shape index (κ1) is 15.1. The Morgan fingerprint density at radius 1 is 1.20 bits per heavy atom. The molecule has 128 valence electrons. The van der Waals surface area contributed by atoms with Crippen LogP contribution in [-0.4, -0.2) is 12.3 Å². The molecule has 0 unspecified atom stereocenters. The number of carbonyl (C=O) groups is 1. The maximum Gasteiger partial charge on any atom is 0.162 e. The minimum absolute atomic E-state index is 0.00798. The van der Waals surface area contributed by atoms with E-state index in [0.717, 1.165) is 36.4 Å². The van der Waals surface area contributed by atoms with Gasteiger partial charge in [0.05, 0.1) is 12.0 Å². The fourth-order valence-electron chi connectivity index (χ4n) is 5.42. The second-order valence-electron chi connectivity index (χ2n) is 8.65. The predicted octanol–water partition coefficient (Wildman–Crippen LogP) is 4.10. The Balaban J connectivity index is 1.80. The van der Waals surface area contributed by atoms with Crippen LogP contribution in [0.4, 0.5) is 0 Å². The highest BCUT2D eigenvalue weighted by atomic mass is 16.1. The Morgan fingerprint density at radius 2 is 2.04 bits per heavy atom. The third-order valence-electron chi connectivity index (χ3n) is 6.39. The van der Waals surface area contributed by atoms with Crippen molar-refractivity contribution in [3.63, 3.8) is 0 Å². The minimum atomic E-state index is -0.311. The second kappa shape index (κ2) is 4.69. The smallest absolute Gasteiger partial charge is 0.162 e. The second-order valence-corrected chi connectivity index (χ2v) is 8.65. The molecule has 5 rings (SSSR count). The van der Waals surface area contributed by atoms with E-state index in [0.29, 0.717) is 18.7 Å². The lowest BCUT2D eigenvalue weighted by Crippen LogP contribution is -2.45. The standard InChI is InChI=1S/C21H23N3O/c1-12-5-4-6-14-13(12)7-8-21(14)15-11-22-24-19(15)23-16-9-20(2,3)10-17(25)18(16)21/h4-6,23H,7-11H2,1-3H3/t21-/m1/s1. The lowest BCUT2D eigenvalue weighted by Gasteiger charge is -2.44. The molecule has 2 aliphatic heterocycles. The van der Waals surface area contributed by atoms with E-state index in [1.54, 1.807) is 0 Å². The van der Waals surface area contributed by atoms with Crippen molar-refractivity contribution in [2.45, 2.75) is 51.9 Å². The molecule has 4 heteroatoms. The molecule has 25 heavy (non-hydrogen) atoms. The molecule has 0 aromatic heterocycles. The van der Waals surface area contributed by atoms with Gasteiger partial charge < -0.3 is 5.32 Å². The number of ketones is 1. The van der Waals surface area contributed by atoms with Gasteiger partial charge in [-0.2, -0.15) is 5.11 Å². The summed E-state index contributed by atoms with van der Waals surface area (Å²) in [4.78, 5) is 13.3. The summed E-state index contributed by atoms with van der Waals surface area (Å²) >= 11 is 0. The maximum absolute atomic E-state index is 13.3. The van der Waals surface area contributed by atoms with Crippen LogP contribution in [0.3, 0.4) is 0 Å². The molecular weight excluding hydrogens is 310 g/mol. The fraction of sp³-hybridized carbons (Fsp3) is 0.476. The van der Waals surface area contributed by atoms with Gasteiger partial charge >= 0.3 is 0 Å². The Morgan fingerprint density at radius 3 is 2.88 bits per heavy atom. The monoisotopic (exact) mass is 333 g/mol. The van der Waals surface area contributed by atoms with Gasteiger partial charge in [0.25, 0.3) is 0 Å². The van der Waals surface area contributed by atoms with Gasteiger partial charge in [0.15, 0.2) is 11.6 Å². The molecule has 0 amide bonds. The molecule has 0 saturated carbocycles. The van der Waals surface area contributed by atoms with E-state index in [2.05, 4.69) is 54.5 Å². The molecule has 2 heterocycles. The van der Waals surface area contributed by atoms with E-state index in [9.17, 15) is 4.79 Å². The summed E-state index contributed by atoms with van der Waals surface area (Å²) in [5.74, 6) is 1.19. The van der Waals surface area contributed by atoms with Crippen LogP contribution in [-0.2, 0) is 16.6 Å². The first-order valence-electron chi connectivity index (χ1n) is 9.16. The van der Waals surface area contributed by atoms with Crippen LogP contribution in [0.1, 0.15) is 49.8 Å². The highest BCUT2D eigenvalue weighted by molar-refractivity contribution is 6.02. The van der Waals surface area contributed by atoms with Crippen molar-refractivity contribution in [1.82, 2.24) is 5.32 Å². The summed E-state index contributed by atoms with van der Waals surface area (Å²) < 4.78 is 0. The maximum atomic E-state index is 13.3. The Kier molecular flexibility index (Phi) is 2.82. The molecule has 1 atom stereocenters. The van der Waals surface area contributed by atoms with E-state index in [1.807, 2.05) is 0 Å². The van der Waals surface area contributed by atoms with Crippen molar-refractivity contribution in [3.8, 4) is 0 Å².